The standard InChI is InChI=1S/C12H19N3O/c1-9-4-3-5-14-12(9)15-7-11(6-13)16-8-10(15)2/h3-5,10-11H,6-8,13H2,1-2H3. The molecule has 2 heterocycles. The Balaban J connectivity index is 2.21. The average Bonchev–Trinajstić information content (AvgIpc) is 2.31. The topological polar surface area (TPSA) is 51.4 Å². The first kappa shape index (κ1) is 11.4. The summed E-state index contributed by atoms with van der Waals surface area (Å²) in [4.78, 5) is 6.74. The van der Waals surface area contributed by atoms with E-state index in [0.717, 1.165) is 19.0 Å². The van der Waals surface area contributed by atoms with Crippen molar-refractivity contribution in [3.05, 3.63) is 23.9 Å². The van der Waals surface area contributed by atoms with E-state index >= 15 is 0 Å². The Hall–Kier alpha value is -1.13. The first-order chi connectivity index (χ1) is 7.72. The highest BCUT2D eigenvalue weighted by molar-refractivity contribution is 5.47. The van der Waals surface area contributed by atoms with Crippen LogP contribution in [0.1, 0.15) is 12.5 Å². The minimum Gasteiger partial charge on any atom is -0.373 e. The molecule has 0 bridgehead atoms. The SMILES string of the molecule is Cc1cccnc1N1CC(CN)OCC1C. The number of rotatable bonds is 2. The number of nitrogens with zero attached hydrogens (tertiary/aromatic N) is 2. The van der Waals surface area contributed by atoms with E-state index in [9.17, 15) is 0 Å². The zero-order chi connectivity index (χ0) is 11.5. The van der Waals surface area contributed by atoms with Gasteiger partial charge in [-0.1, -0.05) is 6.07 Å². The molecule has 16 heavy (non-hydrogen) atoms. The van der Waals surface area contributed by atoms with Gasteiger partial charge in [-0.2, -0.15) is 0 Å². The summed E-state index contributed by atoms with van der Waals surface area (Å²) in [6.07, 6.45) is 1.96. The van der Waals surface area contributed by atoms with Crippen LogP contribution >= 0.6 is 0 Å². The minimum absolute atomic E-state index is 0.123. The van der Waals surface area contributed by atoms with Crippen LogP contribution in [0.2, 0.25) is 0 Å². The number of ether oxygens (including phenoxy) is 1. The van der Waals surface area contributed by atoms with E-state index in [1.807, 2.05) is 12.3 Å². The molecule has 1 saturated heterocycles. The molecular formula is C12H19N3O. The molecule has 0 aromatic carbocycles. The van der Waals surface area contributed by atoms with Crippen molar-refractivity contribution in [2.24, 2.45) is 5.73 Å². The second kappa shape index (κ2) is 4.80. The van der Waals surface area contributed by atoms with E-state index in [0.29, 0.717) is 12.6 Å². The van der Waals surface area contributed by atoms with Gasteiger partial charge < -0.3 is 15.4 Å². The Morgan fingerprint density at radius 1 is 1.62 bits per heavy atom. The molecule has 0 saturated carbocycles. The minimum atomic E-state index is 0.123. The monoisotopic (exact) mass is 221 g/mol. The van der Waals surface area contributed by atoms with E-state index in [1.165, 1.54) is 5.56 Å². The number of aryl methyl sites for hydroxylation is 1. The molecule has 0 aliphatic carbocycles. The summed E-state index contributed by atoms with van der Waals surface area (Å²) in [5.74, 6) is 1.05. The first-order valence-corrected chi connectivity index (χ1v) is 5.72. The van der Waals surface area contributed by atoms with E-state index in [1.54, 1.807) is 0 Å². The van der Waals surface area contributed by atoms with Gasteiger partial charge in [0.15, 0.2) is 0 Å². The van der Waals surface area contributed by atoms with Crippen molar-refractivity contribution >= 4 is 5.82 Å². The van der Waals surface area contributed by atoms with E-state index in [2.05, 4.69) is 29.8 Å². The predicted octanol–water partition coefficient (Wildman–Crippen LogP) is 0.942. The molecule has 1 aromatic heterocycles. The van der Waals surface area contributed by atoms with Gasteiger partial charge in [0.1, 0.15) is 5.82 Å². The van der Waals surface area contributed by atoms with E-state index < -0.39 is 0 Å². The third-order valence-electron chi connectivity index (χ3n) is 3.02. The van der Waals surface area contributed by atoms with Gasteiger partial charge in [-0.15, -0.1) is 0 Å². The van der Waals surface area contributed by atoms with Crippen LogP contribution in [0.3, 0.4) is 0 Å². The summed E-state index contributed by atoms with van der Waals surface area (Å²) < 4.78 is 5.64. The number of hydrogen-bond donors (Lipinski definition) is 1. The van der Waals surface area contributed by atoms with Crippen molar-refractivity contribution in [2.45, 2.75) is 26.0 Å². The molecule has 1 aromatic rings. The zero-order valence-electron chi connectivity index (χ0n) is 9.89. The molecular weight excluding hydrogens is 202 g/mol. The lowest BCUT2D eigenvalue weighted by Crippen LogP contribution is -2.51. The molecule has 4 heteroatoms. The van der Waals surface area contributed by atoms with Crippen molar-refractivity contribution in [1.82, 2.24) is 4.98 Å². The molecule has 2 rings (SSSR count). The van der Waals surface area contributed by atoms with Crippen LogP contribution in [-0.4, -0.2) is 36.8 Å². The van der Waals surface area contributed by atoms with Gasteiger partial charge in [-0.05, 0) is 25.5 Å². The number of nitrogens with two attached hydrogens (primary N) is 1. The Bertz CT molecular complexity index is 356. The van der Waals surface area contributed by atoms with Crippen LogP contribution in [0.5, 0.6) is 0 Å². The van der Waals surface area contributed by atoms with Crippen LogP contribution in [0.25, 0.3) is 0 Å². The lowest BCUT2D eigenvalue weighted by atomic mass is 10.1. The van der Waals surface area contributed by atoms with Crippen molar-refractivity contribution in [3.8, 4) is 0 Å². The number of anilines is 1. The largest absolute Gasteiger partial charge is 0.373 e. The van der Waals surface area contributed by atoms with Gasteiger partial charge >= 0.3 is 0 Å². The fourth-order valence-corrected chi connectivity index (χ4v) is 2.03. The van der Waals surface area contributed by atoms with Crippen molar-refractivity contribution in [3.63, 3.8) is 0 Å². The van der Waals surface area contributed by atoms with Gasteiger partial charge in [0.2, 0.25) is 0 Å². The van der Waals surface area contributed by atoms with Crippen LogP contribution in [0.15, 0.2) is 18.3 Å². The van der Waals surface area contributed by atoms with Crippen LogP contribution < -0.4 is 10.6 Å². The fourth-order valence-electron chi connectivity index (χ4n) is 2.03. The Labute approximate surface area is 96.4 Å². The highest BCUT2D eigenvalue weighted by Crippen LogP contribution is 2.22. The molecule has 88 valence electrons. The molecule has 0 spiro atoms. The van der Waals surface area contributed by atoms with Gasteiger partial charge in [0, 0.05) is 19.3 Å². The van der Waals surface area contributed by atoms with Crippen molar-refractivity contribution in [2.75, 3.05) is 24.6 Å². The van der Waals surface area contributed by atoms with Gasteiger partial charge in [-0.25, -0.2) is 4.98 Å². The maximum atomic E-state index is 5.65. The van der Waals surface area contributed by atoms with Crippen LogP contribution in [0, 0.1) is 6.92 Å². The maximum absolute atomic E-state index is 5.65. The summed E-state index contributed by atoms with van der Waals surface area (Å²) in [6, 6.07) is 4.41. The maximum Gasteiger partial charge on any atom is 0.131 e. The van der Waals surface area contributed by atoms with Crippen molar-refractivity contribution < 1.29 is 4.74 Å². The normalized spacial score (nSPS) is 25.8. The van der Waals surface area contributed by atoms with Gasteiger partial charge in [0.05, 0.1) is 18.8 Å². The highest BCUT2D eigenvalue weighted by Gasteiger charge is 2.26. The van der Waals surface area contributed by atoms with Crippen LogP contribution in [-0.2, 0) is 4.74 Å². The second-order valence-corrected chi connectivity index (χ2v) is 4.34. The molecule has 0 amide bonds. The molecule has 2 unspecified atom stereocenters. The second-order valence-electron chi connectivity index (χ2n) is 4.34. The molecule has 1 aliphatic heterocycles. The third kappa shape index (κ3) is 2.18. The lowest BCUT2D eigenvalue weighted by Gasteiger charge is -2.39. The quantitative estimate of drug-likeness (QED) is 0.807. The van der Waals surface area contributed by atoms with Gasteiger partial charge in [-0.3, -0.25) is 0 Å². The molecule has 2 N–H and O–H groups in total. The summed E-state index contributed by atoms with van der Waals surface area (Å²) >= 11 is 0. The van der Waals surface area contributed by atoms with Crippen molar-refractivity contribution in [1.29, 1.82) is 0 Å². The number of morpholine rings is 1. The number of hydrogen-bond acceptors (Lipinski definition) is 4. The summed E-state index contributed by atoms with van der Waals surface area (Å²) in [6.45, 7) is 6.35. The Kier molecular flexibility index (Phi) is 3.41. The molecule has 1 aliphatic rings. The summed E-state index contributed by atoms with van der Waals surface area (Å²) in [7, 11) is 0. The molecule has 2 atom stereocenters. The van der Waals surface area contributed by atoms with Gasteiger partial charge in [0.25, 0.3) is 0 Å². The lowest BCUT2D eigenvalue weighted by molar-refractivity contribution is 0.0279. The zero-order valence-corrected chi connectivity index (χ0v) is 9.89. The molecule has 0 radical (unpaired) electrons. The first-order valence-electron chi connectivity index (χ1n) is 5.72. The number of aromatic nitrogens is 1. The summed E-state index contributed by atoms with van der Waals surface area (Å²) in [5.41, 5.74) is 6.86. The highest BCUT2D eigenvalue weighted by atomic mass is 16.5. The number of pyridine rings is 1. The Morgan fingerprint density at radius 3 is 3.12 bits per heavy atom. The predicted molar refractivity (Wildman–Crippen MR) is 64.6 cm³/mol. The smallest absolute Gasteiger partial charge is 0.131 e. The molecule has 4 nitrogen and oxygen atoms in total. The third-order valence-corrected chi connectivity index (χ3v) is 3.02. The van der Waals surface area contributed by atoms with E-state index in [4.69, 9.17) is 10.5 Å². The van der Waals surface area contributed by atoms with E-state index in [-0.39, 0.29) is 6.10 Å². The Morgan fingerprint density at radius 2 is 2.44 bits per heavy atom. The molecule has 1 fully saturated rings. The average molecular weight is 221 g/mol. The summed E-state index contributed by atoms with van der Waals surface area (Å²) in [5, 5.41) is 0. The van der Waals surface area contributed by atoms with Crippen LogP contribution in [0.4, 0.5) is 5.82 Å². The fraction of sp³-hybridized carbons (Fsp3) is 0.583.